The summed E-state index contributed by atoms with van der Waals surface area (Å²) in [6.07, 6.45) is 1.45. The summed E-state index contributed by atoms with van der Waals surface area (Å²) in [5, 5.41) is 4.19. The molecule has 0 N–H and O–H groups in total. The third kappa shape index (κ3) is 5.97. The zero-order chi connectivity index (χ0) is 20.0. The molecule has 1 atom stereocenters. The molecular weight excluding hydrogens is 368 g/mol. The molecule has 0 aliphatic carbocycles. The average molecular weight is 395 g/mol. The zero-order valence-electron chi connectivity index (χ0n) is 16.5. The van der Waals surface area contributed by atoms with Gasteiger partial charge in [-0.15, -0.1) is 0 Å². The van der Waals surface area contributed by atoms with E-state index in [9.17, 15) is 4.79 Å². The van der Waals surface area contributed by atoms with E-state index in [1.54, 1.807) is 0 Å². The number of benzene rings is 1. The highest BCUT2D eigenvalue weighted by atomic mass is 35.5. The van der Waals surface area contributed by atoms with Crippen molar-refractivity contribution in [2.45, 2.75) is 52.9 Å². The lowest BCUT2D eigenvalue weighted by atomic mass is 10.1. The van der Waals surface area contributed by atoms with E-state index in [1.807, 2.05) is 58.9 Å². The molecule has 148 valence electrons. The molecule has 0 spiro atoms. The average Bonchev–Trinajstić information content (AvgIpc) is 2.61. The molecule has 0 amide bonds. The summed E-state index contributed by atoms with van der Waals surface area (Å²) in [5.41, 5.74) is 0.110. The lowest BCUT2D eigenvalue weighted by Crippen LogP contribution is -2.36. The maximum Gasteiger partial charge on any atom is 0.289 e. The van der Waals surface area contributed by atoms with Crippen LogP contribution in [0.1, 0.15) is 40.2 Å². The summed E-state index contributed by atoms with van der Waals surface area (Å²) < 4.78 is 18.1. The summed E-state index contributed by atoms with van der Waals surface area (Å²) in [6.45, 7) is 11.1. The van der Waals surface area contributed by atoms with Gasteiger partial charge in [-0.2, -0.15) is 5.10 Å². The van der Waals surface area contributed by atoms with Gasteiger partial charge in [0.25, 0.3) is 5.56 Å². The summed E-state index contributed by atoms with van der Waals surface area (Å²) in [7, 11) is 0. The molecule has 6 nitrogen and oxygen atoms in total. The second-order valence-electron chi connectivity index (χ2n) is 7.23. The van der Waals surface area contributed by atoms with Crippen molar-refractivity contribution in [3.63, 3.8) is 0 Å². The second kappa shape index (κ2) is 9.24. The van der Waals surface area contributed by atoms with Gasteiger partial charge in [0.15, 0.2) is 10.8 Å². The SMILES string of the molecule is CCOCC(C)Oc1ccc(COc2cnn(C(C)(C)C)c(=O)c2Cl)cc1. The van der Waals surface area contributed by atoms with E-state index in [0.29, 0.717) is 13.2 Å². The van der Waals surface area contributed by atoms with Crippen LogP contribution in [0.5, 0.6) is 11.5 Å². The van der Waals surface area contributed by atoms with Gasteiger partial charge in [0.05, 0.1) is 18.3 Å². The number of halogens is 1. The Kier molecular flexibility index (Phi) is 7.27. The Hall–Kier alpha value is -2.05. The maximum absolute atomic E-state index is 12.3. The first kappa shape index (κ1) is 21.3. The number of aromatic nitrogens is 2. The Labute approximate surface area is 165 Å². The lowest BCUT2D eigenvalue weighted by molar-refractivity contribution is 0.0657. The molecule has 0 aliphatic heterocycles. The van der Waals surface area contributed by atoms with Gasteiger partial charge in [0.2, 0.25) is 0 Å². The normalized spacial score (nSPS) is 12.7. The van der Waals surface area contributed by atoms with Crippen molar-refractivity contribution in [1.29, 1.82) is 0 Å². The van der Waals surface area contributed by atoms with Gasteiger partial charge in [-0.3, -0.25) is 4.79 Å². The van der Waals surface area contributed by atoms with Gasteiger partial charge >= 0.3 is 0 Å². The van der Waals surface area contributed by atoms with Gasteiger partial charge < -0.3 is 14.2 Å². The molecule has 1 heterocycles. The first-order chi connectivity index (χ1) is 12.7. The Bertz CT molecular complexity index is 797. The third-order valence-electron chi connectivity index (χ3n) is 3.73. The van der Waals surface area contributed by atoms with Crippen LogP contribution in [0.25, 0.3) is 0 Å². The van der Waals surface area contributed by atoms with Gasteiger partial charge in [0, 0.05) is 6.61 Å². The summed E-state index contributed by atoms with van der Waals surface area (Å²) >= 11 is 6.16. The summed E-state index contributed by atoms with van der Waals surface area (Å²) in [6, 6.07) is 7.55. The molecule has 1 unspecified atom stereocenters. The van der Waals surface area contributed by atoms with Gasteiger partial charge in [-0.25, -0.2) is 4.68 Å². The Balaban J connectivity index is 1.99. The number of nitrogens with zero attached hydrogens (tertiary/aromatic N) is 2. The fraction of sp³-hybridized carbons (Fsp3) is 0.500. The number of hydrogen-bond donors (Lipinski definition) is 0. The first-order valence-electron chi connectivity index (χ1n) is 8.96. The zero-order valence-corrected chi connectivity index (χ0v) is 17.2. The van der Waals surface area contributed by atoms with Crippen molar-refractivity contribution in [2.75, 3.05) is 13.2 Å². The third-order valence-corrected chi connectivity index (χ3v) is 4.08. The summed E-state index contributed by atoms with van der Waals surface area (Å²) in [4.78, 5) is 12.3. The van der Waals surface area contributed by atoms with Crippen molar-refractivity contribution in [3.05, 3.63) is 51.4 Å². The van der Waals surface area contributed by atoms with Crippen molar-refractivity contribution < 1.29 is 14.2 Å². The van der Waals surface area contributed by atoms with Crippen LogP contribution < -0.4 is 15.0 Å². The molecule has 0 saturated heterocycles. The molecule has 2 rings (SSSR count). The minimum Gasteiger partial charge on any atom is -0.488 e. The van der Waals surface area contributed by atoms with Crippen molar-refractivity contribution in [3.8, 4) is 11.5 Å². The predicted octanol–water partition coefficient (Wildman–Crippen LogP) is 4.03. The van der Waals surface area contributed by atoms with E-state index in [2.05, 4.69) is 5.10 Å². The maximum atomic E-state index is 12.3. The second-order valence-corrected chi connectivity index (χ2v) is 7.61. The molecule has 0 saturated carbocycles. The van der Waals surface area contributed by atoms with E-state index < -0.39 is 5.54 Å². The highest BCUT2D eigenvalue weighted by Crippen LogP contribution is 2.22. The highest BCUT2D eigenvalue weighted by Gasteiger charge is 2.20. The smallest absolute Gasteiger partial charge is 0.289 e. The minimum atomic E-state index is -0.450. The van der Waals surface area contributed by atoms with Crippen LogP contribution in [0.3, 0.4) is 0 Å². The van der Waals surface area contributed by atoms with E-state index in [-0.39, 0.29) is 29.0 Å². The quantitative estimate of drug-likeness (QED) is 0.676. The Morgan fingerprint density at radius 1 is 1.22 bits per heavy atom. The monoisotopic (exact) mass is 394 g/mol. The molecule has 0 bridgehead atoms. The lowest BCUT2D eigenvalue weighted by Gasteiger charge is -2.21. The van der Waals surface area contributed by atoms with E-state index in [0.717, 1.165) is 11.3 Å². The molecule has 0 radical (unpaired) electrons. The molecule has 0 aliphatic rings. The van der Waals surface area contributed by atoms with Gasteiger partial charge in [-0.05, 0) is 52.3 Å². The molecule has 2 aromatic rings. The molecular formula is C20H27ClN2O4. The van der Waals surface area contributed by atoms with Crippen LogP contribution in [0, 0.1) is 0 Å². The first-order valence-corrected chi connectivity index (χ1v) is 9.34. The fourth-order valence-corrected chi connectivity index (χ4v) is 2.56. The standard InChI is InChI=1S/C20H27ClN2O4/c1-6-25-12-14(2)27-16-9-7-15(8-10-16)13-26-17-11-22-23(20(3,4)5)19(24)18(17)21/h7-11,14H,6,12-13H2,1-5H3. The van der Waals surface area contributed by atoms with Crippen molar-refractivity contribution >= 4 is 11.6 Å². The topological polar surface area (TPSA) is 62.6 Å². The Morgan fingerprint density at radius 2 is 1.89 bits per heavy atom. The molecule has 1 aromatic carbocycles. The van der Waals surface area contributed by atoms with Crippen molar-refractivity contribution in [1.82, 2.24) is 9.78 Å². The largest absolute Gasteiger partial charge is 0.488 e. The molecule has 1 aromatic heterocycles. The van der Waals surface area contributed by atoms with Crippen LogP contribution >= 0.6 is 11.6 Å². The van der Waals surface area contributed by atoms with Crippen molar-refractivity contribution in [2.24, 2.45) is 0 Å². The molecule has 7 heteroatoms. The van der Waals surface area contributed by atoms with Crippen LogP contribution in [0.15, 0.2) is 35.3 Å². The minimum absolute atomic E-state index is 0.0220. The van der Waals surface area contributed by atoms with E-state index >= 15 is 0 Å². The highest BCUT2D eigenvalue weighted by molar-refractivity contribution is 6.31. The number of rotatable bonds is 8. The van der Waals surface area contributed by atoms with Crippen LogP contribution in [-0.2, 0) is 16.9 Å². The van der Waals surface area contributed by atoms with Crippen LogP contribution in [0.4, 0.5) is 0 Å². The van der Waals surface area contributed by atoms with Crippen LogP contribution in [-0.4, -0.2) is 29.1 Å². The van der Waals surface area contributed by atoms with Gasteiger partial charge in [0.1, 0.15) is 18.5 Å². The van der Waals surface area contributed by atoms with Gasteiger partial charge in [-0.1, -0.05) is 23.7 Å². The fourth-order valence-electron chi connectivity index (χ4n) is 2.37. The number of hydrogen-bond acceptors (Lipinski definition) is 5. The Morgan fingerprint density at radius 3 is 2.48 bits per heavy atom. The van der Waals surface area contributed by atoms with E-state index in [1.165, 1.54) is 10.9 Å². The summed E-state index contributed by atoms with van der Waals surface area (Å²) in [5.74, 6) is 1.03. The number of ether oxygens (including phenoxy) is 3. The predicted molar refractivity (Wildman–Crippen MR) is 106 cm³/mol. The van der Waals surface area contributed by atoms with Crippen LogP contribution in [0.2, 0.25) is 5.02 Å². The van der Waals surface area contributed by atoms with E-state index in [4.69, 9.17) is 25.8 Å². The molecule has 27 heavy (non-hydrogen) atoms. The molecule has 0 fully saturated rings.